The number of benzene rings is 1. The largest absolute Gasteiger partial charge is 0.369 e. The Labute approximate surface area is 108 Å². The van der Waals surface area contributed by atoms with Crippen LogP contribution in [-0.4, -0.2) is 11.5 Å². The lowest BCUT2D eigenvalue weighted by atomic mass is 10.1. The van der Waals surface area contributed by atoms with E-state index < -0.39 is 0 Å². The van der Waals surface area contributed by atoms with Crippen molar-refractivity contribution in [2.75, 3.05) is 11.9 Å². The number of anilines is 1. The van der Waals surface area contributed by atoms with Gasteiger partial charge >= 0.3 is 0 Å². The van der Waals surface area contributed by atoms with Crippen molar-refractivity contribution in [3.63, 3.8) is 0 Å². The summed E-state index contributed by atoms with van der Waals surface area (Å²) in [5.74, 6) is 0.847. The van der Waals surface area contributed by atoms with Crippen LogP contribution in [0.1, 0.15) is 13.8 Å². The Balaban J connectivity index is 2.52. The predicted molar refractivity (Wildman–Crippen MR) is 72.7 cm³/mol. The van der Waals surface area contributed by atoms with Crippen molar-refractivity contribution < 1.29 is 4.39 Å². The van der Waals surface area contributed by atoms with Crippen LogP contribution in [0.3, 0.4) is 0 Å². The van der Waals surface area contributed by atoms with Crippen molar-refractivity contribution in [1.29, 1.82) is 0 Å². The predicted octanol–water partition coefficient (Wildman–Crippen LogP) is 4.20. The quantitative estimate of drug-likeness (QED) is 0.918. The number of nitrogens with one attached hydrogen (secondary N) is 1. The van der Waals surface area contributed by atoms with Gasteiger partial charge in [-0.05, 0) is 27.9 Å². The Morgan fingerprint density at radius 3 is 2.88 bits per heavy atom. The minimum absolute atomic E-state index is 0.248. The highest BCUT2D eigenvalue weighted by atomic mass is 79.9. The molecule has 0 saturated carbocycles. The third-order valence-corrected chi connectivity index (χ3v) is 3.12. The van der Waals surface area contributed by atoms with Crippen LogP contribution in [0.4, 0.5) is 10.2 Å². The van der Waals surface area contributed by atoms with Crippen LogP contribution in [0.15, 0.2) is 28.9 Å². The van der Waals surface area contributed by atoms with Gasteiger partial charge < -0.3 is 5.32 Å². The molecule has 1 aromatic carbocycles. The highest BCUT2D eigenvalue weighted by Gasteiger charge is 2.10. The maximum atomic E-state index is 13.9. The SMILES string of the molecule is CC(C)CNc1ncc(Br)c2cccc(F)c12. The molecule has 0 bridgehead atoms. The average molecular weight is 297 g/mol. The molecule has 0 spiro atoms. The van der Waals surface area contributed by atoms with Crippen molar-refractivity contribution in [2.24, 2.45) is 5.92 Å². The first kappa shape index (κ1) is 12.3. The monoisotopic (exact) mass is 296 g/mol. The molecule has 2 aromatic rings. The first-order chi connectivity index (χ1) is 8.09. The summed E-state index contributed by atoms with van der Waals surface area (Å²) in [6.45, 7) is 4.98. The smallest absolute Gasteiger partial charge is 0.136 e. The summed E-state index contributed by atoms with van der Waals surface area (Å²) >= 11 is 3.39. The molecule has 0 saturated heterocycles. The molecule has 0 unspecified atom stereocenters. The van der Waals surface area contributed by atoms with E-state index in [4.69, 9.17) is 0 Å². The van der Waals surface area contributed by atoms with Crippen LogP contribution in [0, 0.1) is 11.7 Å². The standard InChI is InChI=1S/C13H14BrFN2/c1-8(2)6-16-13-12-9(10(14)7-17-13)4-3-5-11(12)15/h3-5,7-8H,6H2,1-2H3,(H,16,17). The minimum atomic E-state index is -0.248. The zero-order valence-electron chi connectivity index (χ0n) is 9.80. The zero-order valence-corrected chi connectivity index (χ0v) is 11.4. The Morgan fingerprint density at radius 2 is 2.18 bits per heavy atom. The van der Waals surface area contributed by atoms with Crippen LogP contribution >= 0.6 is 15.9 Å². The van der Waals surface area contributed by atoms with Crippen LogP contribution in [0.2, 0.25) is 0 Å². The number of halogens is 2. The lowest BCUT2D eigenvalue weighted by Crippen LogP contribution is -2.09. The fourth-order valence-electron chi connectivity index (χ4n) is 1.65. The van der Waals surface area contributed by atoms with Crippen molar-refractivity contribution in [3.8, 4) is 0 Å². The molecule has 0 atom stereocenters. The van der Waals surface area contributed by atoms with Gasteiger partial charge in [-0.15, -0.1) is 0 Å². The van der Waals surface area contributed by atoms with Crippen molar-refractivity contribution in [1.82, 2.24) is 4.98 Å². The normalized spacial score (nSPS) is 11.1. The summed E-state index contributed by atoms with van der Waals surface area (Å²) in [7, 11) is 0. The van der Waals surface area contributed by atoms with Gasteiger partial charge in [-0.25, -0.2) is 9.37 Å². The Hall–Kier alpha value is -1.16. The molecule has 0 amide bonds. The molecule has 1 N–H and O–H groups in total. The van der Waals surface area contributed by atoms with Gasteiger partial charge in [0, 0.05) is 22.6 Å². The fourth-order valence-corrected chi connectivity index (χ4v) is 2.09. The van der Waals surface area contributed by atoms with E-state index >= 15 is 0 Å². The van der Waals surface area contributed by atoms with Gasteiger partial charge in [0.05, 0.1) is 5.39 Å². The molecule has 2 rings (SSSR count). The second kappa shape index (κ2) is 5.00. The molecule has 0 aliphatic rings. The number of pyridine rings is 1. The molecular weight excluding hydrogens is 283 g/mol. The maximum Gasteiger partial charge on any atom is 0.136 e. The number of nitrogens with zero attached hydrogens (tertiary/aromatic N) is 1. The molecule has 0 fully saturated rings. The van der Waals surface area contributed by atoms with E-state index in [2.05, 4.69) is 40.1 Å². The Kier molecular flexibility index (Phi) is 3.62. The summed E-state index contributed by atoms with van der Waals surface area (Å²) in [5.41, 5.74) is 0. The number of fused-ring (bicyclic) bond motifs is 1. The second-order valence-corrected chi connectivity index (χ2v) is 5.25. The fraction of sp³-hybridized carbons (Fsp3) is 0.308. The first-order valence-electron chi connectivity index (χ1n) is 5.56. The molecule has 17 heavy (non-hydrogen) atoms. The van der Waals surface area contributed by atoms with Gasteiger partial charge in [0.15, 0.2) is 0 Å². The maximum absolute atomic E-state index is 13.9. The average Bonchev–Trinajstić information content (AvgIpc) is 2.29. The van der Waals surface area contributed by atoms with Crippen LogP contribution in [-0.2, 0) is 0 Å². The number of aromatic nitrogens is 1. The van der Waals surface area contributed by atoms with Crippen molar-refractivity contribution in [2.45, 2.75) is 13.8 Å². The van der Waals surface area contributed by atoms with Gasteiger partial charge in [0.1, 0.15) is 11.6 Å². The number of hydrogen-bond acceptors (Lipinski definition) is 2. The van der Waals surface area contributed by atoms with Gasteiger partial charge in [-0.3, -0.25) is 0 Å². The van der Waals surface area contributed by atoms with Crippen LogP contribution in [0.5, 0.6) is 0 Å². The summed E-state index contributed by atoms with van der Waals surface area (Å²) < 4.78 is 14.7. The molecule has 1 heterocycles. The number of hydrogen-bond donors (Lipinski definition) is 1. The van der Waals surface area contributed by atoms with E-state index in [1.807, 2.05) is 6.07 Å². The van der Waals surface area contributed by atoms with Crippen molar-refractivity contribution >= 4 is 32.5 Å². The third kappa shape index (κ3) is 2.57. The summed E-state index contributed by atoms with van der Waals surface area (Å²) in [5, 5.41) is 4.57. The van der Waals surface area contributed by atoms with Gasteiger partial charge in [-0.1, -0.05) is 26.0 Å². The highest BCUT2D eigenvalue weighted by molar-refractivity contribution is 9.10. The summed E-state index contributed by atoms with van der Waals surface area (Å²) in [4.78, 5) is 4.24. The topological polar surface area (TPSA) is 24.9 Å². The summed E-state index contributed by atoms with van der Waals surface area (Å²) in [6, 6.07) is 5.04. The minimum Gasteiger partial charge on any atom is -0.369 e. The Morgan fingerprint density at radius 1 is 1.41 bits per heavy atom. The zero-order chi connectivity index (χ0) is 12.4. The highest BCUT2D eigenvalue weighted by Crippen LogP contribution is 2.30. The molecule has 0 radical (unpaired) electrons. The molecule has 1 aromatic heterocycles. The van der Waals surface area contributed by atoms with E-state index in [1.165, 1.54) is 6.07 Å². The van der Waals surface area contributed by atoms with Gasteiger partial charge in [0.2, 0.25) is 0 Å². The van der Waals surface area contributed by atoms with Gasteiger partial charge in [0.25, 0.3) is 0 Å². The molecule has 90 valence electrons. The van der Waals surface area contributed by atoms with E-state index in [1.54, 1.807) is 12.3 Å². The lowest BCUT2D eigenvalue weighted by Gasteiger charge is -2.12. The van der Waals surface area contributed by atoms with E-state index in [0.29, 0.717) is 17.1 Å². The van der Waals surface area contributed by atoms with E-state index in [9.17, 15) is 4.39 Å². The molecule has 0 aliphatic carbocycles. The van der Waals surface area contributed by atoms with Gasteiger partial charge in [-0.2, -0.15) is 0 Å². The van der Waals surface area contributed by atoms with E-state index in [-0.39, 0.29) is 5.82 Å². The molecular formula is C13H14BrFN2. The first-order valence-corrected chi connectivity index (χ1v) is 6.35. The molecule has 4 heteroatoms. The number of rotatable bonds is 3. The van der Waals surface area contributed by atoms with Crippen LogP contribution in [0.25, 0.3) is 10.8 Å². The lowest BCUT2D eigenvalue weighted by molar-refractivity contribution is 0.639. The van der Waals surface area contributed by atoms with Crippen molar-refractivity contribution in [3.05, 3.63) is 34.7 Å². The van der Waals surface area contributed by atoms with E-state index in [0.717, 1.165) is 16.4 Å². The third-order valence-electron chi connectivity index (χ3n) is 2.49. The molecule has 2 nitrogen and oxygen atoms in total. The summed E-state index contributed by atoms with van der Waals surface area (Å²) in [6.07, 6.45) is 1.70. The Bertz CT molecular complexity index is 540. The van der Waals surface area contributed by atoms with Crippen LogP contribution < -0.4 is 5.32 Å². The second-order valence-electron chi connectivity index (χ2n) is 4.39. The molecule has 0 aliphatic heterocycles.